The maximum atomic E-state index is 12.3. The van der Waals surface area contributed by atoms with Crippen LogP contribution >= 0.6 is 11.3 Å². The molecule has 2 heterocycles. The van der Waals surface area contributed by atoms with Crippen molar-refractivity contribution >= 4 is 45.0 Å². The first-order valence-electron chi connectivity index (χ1n) is 8.02. The van der Waals surface area contributed by atoms with Gasteiger partial charge in [-0.1, -0.05) is 0 Å². The molecule has 0 aliphatic carbocycles. The standard InChI is InChI=1S/C18H17N3O6S/c1-25-10-5-9-6-12(20-15(9)13(7-10)26-2)18(24)27-8-14(22)21-17-11(16(19)23)3-4-28-17/h3-7,20H,8H2,1-2H3,(H2,19,23)(H,21,22). The number of ether oxygens (including phenoxy) is 3. The molecule has 0 bridgehead atoms. The maximum Gasteiger partial charge on any atom is 0.355 e. The molecule has 0 aliphatic heterocycles. The number of hydrogen-bond acceptors (Lipinski definition) is 7. The van der Waals surface area contributed by atoms with Gasteiger partial charge in [-0.2, -0.15) is 0 Å². The average Bonchev–Trinajstić information content (AvgIpc) is 3.31. The number of aromatic amines is 1. The molecule has 0 aliphatic rings. The zero-order valence-corrected chi connectivity index (χ0v) is 15.8. The fourth-order valence-electron chi connectivity index (χ4n) is 2.55. The third kappa shape index (κ3) is 3.91. The molecule has 3 rings (SSSR count). The number of primary amides is 1. The Morgan fingerprint density at radius 3 is 2.64 bits per heavy atom. The summed E-state index contributed by atoms with van der Waals surface area (Å²) in [5.74, 6) is -0.884. The number of aromatic nitrogens is 1. The number of carbonyl (C=O) groups excluding carboxylic acids is 3. The number of esters is 1. The van der Waals surface area contributed by atoms with Gasteiger partial charge >= 0.3 is 5.97 Å². The van der Waals surface area contributed by atoms with E-state index in [9.17, 15) is 14.4 Å². The zero-order chi connectivity index (χ0) is 20.3. The van der Waals surface area contributed by atoms with Crippen LogP contribution < -0.4 is 20.5 Å². The molecule has 146 valence electrons. The molecule has 0 unspecified atom stereocenters. The maximum absolute atomic E-state index is 12.3. The predicted octanol–water partition coefficient (Wildman–Crippen LogP) is 2.14. The number of methoxy groups -OCH3 is 2. The average molecular weight is 403 g/mol. The largest absolute Gasteiger partial charge is 0.497 e. The molecular weight excluding hydrogens is 386 g/mol. The van der Waals surface area contributed by atoms with Gasteiger partial charge < -0.3 is 30.2 Å². The molecule has 1 aromatic carbocycles. The Balaban J connectivity index is 1.68. The molecule has 0 saturated carbocycles. The Morgan fingerprint density at radius 1 is 1.18 bits per heavy atom. The van der Waals surface area contributed by atoms with Crippen molar-refractivity contribution in [3.8, 4) is 11.5 Å². The SMILES string of the molecule is COc1cc(OC)c2[nH]c(C(=O)OCC(=O)Nc3sccc3C(N)=O)cc2c1. The number of H-pyrrole nitrogens is 1. The van der Waals surface area contributed by atoms with Gasteiger partial charge in [0.25, 0.3) is 11.8 Å². The van der Waals surface area contributed by atoms with E-state index in [1.54, 1.807) is 23.6 Å². The van der Waals surface area contributed by atoms with Gasteiger partial charge in [-0.25, -0.2) is 4.79 Å². The molecule has 0 fully saturated rings. The molecular formula is C18H17N3O6S. The highest BCUT2D eigenvalue weighted by molar-refractivity contribution is 7.14. The van der Waals surface area contributed by atoms with Crippen LogP contribution in [0.15, 0.2) is 29.6 Å². The molecule has 0 spiro atoms. The van der Waals surface area contributed by atoms with E-state index < -0.39 is 24.4 Å². The number of anilines is 1. The molecule has 9 nitrogen and oxygen atoms in total. The van der Waals surface area contributed by atoms with E-state index >= 15 is 0 Å². The van der Waals surface area contributed by atoms with Gasteiger partial charge in [0, 0.05) is 11.5 Å². The third-order valence-electron chi connectivity index (χ3n) is 3.86. The summed E-state index contributed by atoms with van der Waals surface area (Å²) >= 11 is 1.14. The number of hydrogen-bond donors (Lipinski definition) is 3. The van der Waals surface area contributed by atoms with Crippen molar-refractivity contribution in [1.29, 1.82) is 0 Å². The zero-order valence-electron chi connectivity index (χ0n) is 15.0. The highest BCUT2D eigenvalue weighted by Gasteiger charge is 2.17. The van der Waals surface area contributed by atoms with Crippen LogP contribution in [-0.4, -0.2) is 43.6 Å². The molecule has 0 radical (unpaired) electrons. The molecule has 28 heavy (non-hydrogen) atoms. The van der Waals surface area contributed by atoms with E-state index in [0.29, 0.717) is 27.4 Å². The van der Waals surface area contributed by atoms with Crippen LogP contribution in [-0.2, 0) is 9.53 Å². The lowest BCUT2D eigenvalue weighted by molar-refractivity contribution is -0.119. The van der Waals surface area contributed by atoms with Crippen LogP contribution in [0.3, 0.4) is 0 Å². The monoisotopic (exact) mass is 403 g/mol. The number of rotatable bonds is 7. The lowest BCUT2D eigenvalue weighted by Gasteiger charge is -2.06. The summed E-state index contributed by atoms with van der Waals surface area (Å²) in [7, 11) is 3.03. The van der Waals surface area contributed by atoms with Crippen LogP contribution in [0.4, 0.5) is 5.00 Å². The normalized spacial score (nSPS) is 10.5. The lowest BCUT2D eigenvalue weighted by Crippen LogP contribution is -2.22. The number of benzene rings is 1. The van der Waals surface area contributed by atoms with Gasteiger partial charge in [-0.05, 0) is 23.6 Å². The van der Waals surface area contributed by atoms with Crippen LogP contribution in [0, 0.1) is 0 Å². The summed E-state index contributed by atoms with van der Waals surface area (Å²) < 4.78 is 15.5. The third-order valence-corrected chi connectivity index (χ3v) is 4.69. The van der Waals surface area contributed by atoms with Crippen LogP contribution in [0.1, 0.15) is 20.8 Å². The van der Waals surface area contributed by atoms with Crippen LogP contribution in [0.5, 0.6) is 11.5 Å². The van der Waals surface area contributed by atoms with Crippen molar-refractivity contribution < 1.29 is 28.6 Å². The number of nitrogens with two attached hydrogens (primary N) is 1. The number of fused-ring (bicyclic) bond motifs is 1. The number of thiophene rings is 1. The predicted molar refractivity (Wildman–Crippen MR) is 103 cm³/mol. The highest BCUT2D eigenvalue weighted by Crippen LogP contribution is 2.31. The molecule has 3 aromatic rings. The van der Waals surface area contributed by atoms with Gasteiger partial charge in [-0.3, -0.25) is 9.59 Å². The van der Waals surface area contributed by atoms with Crippen molar-refractivity contribution in [2.45, 2.75) is 0 Å². The molecule has 2 amide bonds. The first kappa shape index (κ1) is 19.2. The number of nitrogens with one attached hydrogen (secondary N) is 2. The summed E-state index contributed by atoms with van der Waals surface area (Å²) in [5, 5.41) is 5.11. The molecule has 10 heteroatoms. The van der Waals surface area contributed by atoms with E-state index in [2.05, 4.69) is 10.3 Å². The first-order valence-corrected chi connectivity index (χ1v) is 8.90. The summed E-state index contributed by atoms with van der Waals surface area (Å²) in [5.41, 5.74) is 6.17. The minimum atomic E-state index is -0.714. The van der Waals surface area contributed by atoms with Crippen molar-refractivity contribution in [2.75, 3.05) is 26.1 Å². The van der Waals surface area contributed by atoms with Crippen molar-refractivity contribution in [3.63, 3.8) is 0 Å². The van der Waals surface area contributed by atoms with Gasteiger partial charge in [-0.15, -0.1) is 11.3 Å². The van der Waals surface area contributed by atoms with Crippen molar-refractivity contribution in [1.82, 2.24) is 4.98 Å². The summed E-state index contributed by atoms with van der Waals surface area (Å²) in [6.07, 6.45) is 0. The first-order chi connectivity index (χ1) is 13.4. The molecule has 0 saturated heterocycles. The van der Waals surface area contributed by atoms with E-state index in [1.807, 2.05) is 0 Å². The Morgan fingerprint density at radius 2 is 1.96 bits per heavy atom. The summed E-state index contributed by atoms with van der Waals surface area (Å²) in [6, 6.07) is 6.49. The Kier molecular flexibility index (Phi) is 5.50. The van der Waals surface area contributed by atoms with Crippen LogP contribution in [0.25, 0.3) is 10.9 Å². The van der Waals surface area contributed by atoms with E-state index in [1.165, 1.54) is 20.3 Å². The number of carbonyl (C=O) groups is 3. The quantitative estimate of drug-likeness (QED) is 0.518. The number of amides is 2. The summed E-state index contributed by atoms with van der Waals surface area (Å²) in [4.78, 5) is 38.5. The minimum absolute atomic E-state index is 0.156. The van der Waals surface area contributed by atoms with Crippen molar-refractivity contribution in [3.05, 3.63) is 40.9 Å². The van der Waals surface area contributed by atoms with E-state index in [0.717, 1.165) is 11.3 Å². The lowest BCUT2D eigenvalue weighted by atomic mass is 10.2. The Bertz CT molecular complexity index is 1050. The molecule has 2 aromatic heterocycles. The second-order valence-corrected chi connectivity index (χ2v) is 6.54. The second-order valence-electron chi connectivity index (χ2n) is 5.63. The van der Waals surface area contributed by atoms with Gasteiger partial charge in [0.1, 0.15) is 22.2 Å². The topological polar surface area (TPSA) is 133 Å². The molecule has 4 N–H and O–H groups in total. The Labute approximate surface area is 163 Å². The van der Waals surface area contributed by atoms with E-state index in [-0.39, 0.29) is 11.3 Å². The highest BCUT2D eigenvalue weighted by atomic mass is 32.1. The van der Waals surface area contributed by atoms with Crippen LogP contribution in [0.2, 0.25) is 0 Å². The summed E-state index contributed by atoms with van der Waals surface area (Å²) in [6.45, 7) is -0.523. The van der Waals surface area contributed by atoms with Gasteiger partial charge in [0.15, 0.2) is 6.61 Å². The van der Waals surface area contributed by atoms with E-state index in [4.69, 9.17) is 19.9 Å². The fourth-order valence-corrected chi connectivity index (χ4v) is 3.35. The van der Waals surface area contributed by atoms with Gasteiger partial charge in [0.05, 0.1) is 25.3 Å². The smallest absolute Gasteiger partial charge is 0.355 e. The van der Waals surface area contributed by atoms with Crippen molar-refractivity contribution in [2.24, 2.45) is 5.73 Å². The second kappa shape index (κ2) is 8.01. The Hall–Kier alpha value is -3.53. The fraction of sp³-hybridized carbons (Fsp3) is 0.167. The van der Waals surface area contributed by atoms with Gasteiger partial charge in [0.2, 0.25) is 0 Å². The minimum Gasteiger partial charge on any atom is -0.497 e. The molecule has 0 atom stereocenters.